The summed E-state index contributed by atoms with van der Waals surface area (Å²) in [6.45, 7) is 8.42. The standard InChI is InChI=1S/C14H23ClN2O3S/c1-5-14(6-2,7-3)16-13(18)12-9-11(21(15,19)20)10-17(12)8-4/h9-10H,5-8H2,1-4H3,(H,16,18). The highest BCUT2D eigenvalue weighted by Crippen LogP contribution is 2.22. The van der Waals surface area contributed by atoms with Gasteiger partial charge in [0.05, 0.1) is 0 Å². The molecule has 1 aromatic rings. The highest BCUT2D eigenvalue weighted by atomic mass is 35.7. The lowest BCUT2D eigenvalue weighted by atomic mass is 9.89. The molecule has 0 radical (unpaired) electrons. The molecule has 120 valence electrons. The summed E-state index contributed by atoms with van der Waals surface area (Å²) in [7, 11) is 1.51. The molecule has 1 heterocycles. The smallest absolute Gasteiger partial charge is 0.268 e. The van der Waals surface area contributed by atoms with Gasteiger partial charge >= 0.3 is 0 Å². The first kappa shape index (κ1) is 18.0. The molecule has 7 heteroatoms. The predicted molar refractivity (Wildman–Crippen MR) is 84.2 cm³/mol. The molecule has 0 aliphatic carbocycles. The second-order valence-corrected chi connectivity index (χ2v) is 7.65. The Hall–Kier alpha value is -1.01. The Labute approximate surface area is 131 Å². The maximum atomic E-state index is 12.5. The van der Waals surface area contributed by atoms with Gasteiger partial charge < -0.3 is 9.88 Å². The van der Waals surface area contributed by atoms with E-state index in [4.69, 9.17) is 10.7 Å². The Morgan fingerprint density at radius 2 is 1.76 bits per heavy atom. The molecule has 0 saturated carbocycles. The molecule has 21 heavy (non-hydrogen) atoms. The van der Waals surface area contributed by atoms with Crippen molar-refractivity contribution in [2.24, 2.45) is 0 Å². The Morgan fingerprint density at radius 1 is 1.24 bits per heavy atom. The van der Waals surface area contributed by atoms with Gasteiger partial charge in [-0.25, -0.2) is 8.42 Å². The van der Waals surface area contributed by atoms with E-state index in [2.05, 4.69) is 5.32 Å². The van der Waals surface area contributed by atoms with Crippen molar-refractivity contribution in [3.05, 3.63) is 18.0 Å². The number of carbonyl (C=O) groups is 1. The first-order valence-corrected chi connectivity index (χ1v) is 9.51. The number of hydrogen-bond acceptors (Lipinski definition) is 3. The summed E-state index contributed by atoms with van der Waals surface area (Å²) in [5.74, 6) is -0.269. The minimum absolute atomic E-state index is 0.0498. The largest absolute Gasteiger partial charge is 0.345 e. The molecule has 1 amide bonds. The Kier molecular flexibility index (Phi) is 5.87. The second kappa shape index (κ2) is 6.83. The molecule has 0 aromatic carbocycles. The van der Waals surface area contributed by atoms with Gasteiger partial charge in [-0.15, -0.1) is 0 Å². The number of rotatable bonds is 7. The van der Waals surface area contributed by atoms with Crippen LogP contribution in [0.1, 0.15) is 57.4 Å². The molecule has 0 atom stereocenters. The normalized spacial score (nSPS) is 12.4. The Bertz CT molecular complexity index is 595. The Balaban J connectivity index is 3.16. The van der Waals surface area contributed by atoms with Crippen LogP contribution >= 0.6 is 10.7 Å². The maximum absolute atomic E-state index is 12.5. The van der Waals surface area contributed by atoms with E-state index >= 15 is 0 Å². The summed E-state index contributed by atoms with van der Waals surface area (Å²) in [5.41, 5.74) is 0.0522. The highest BCUT2D eigenvalue weighted by Gasteiger charge is 2.28. The fourth-order valence-corrected chi connectivity index (χ4v) is 3.15. The third-order valence-corrected chi connectivity index (χ3v) is 5.46. The summed E-state index contributed by atoms with van der Waals surface area (Å²) in [6.07, 6.45) is 3.85. The lowest BCUT2D eigenvalue weighted by Crippen LogP contribution is -2.47. The number of aromatic nitrogens is 1. The summed E-state index contributed by atoms with van der Waals surface area (Å²) in [4.78, 5) is 12.4. The molecule has 1 aromatic heterocycles. The zero-order chi connectivity index (χ0) is 16.3. The van der Waals surface area contributed by atoms with Gasteiger partial charge in [0.15, 0.2) is 0 Å². The van der Waals surface area contributed by atoms with Crippen molar-refractivity contribution >= 4 is 25.6 Å². The van der Waals surface area contributed by atoms with Crippen molar-refractivity contribution in [2.75, 3.05) is 0 Å². The molecule has 0 spiro atoms. The van der Waals surface area contributed by atoms with Crippen molar-refractivity contribution in [2.45, 2.75) is 63.9 Å². The number of carbonyl (C=O) groups excluding carboxylic acids is 1. The average Bonchev–Trinajstić information content (AvgIpc) is 2.89. The quantitative estimate of drug-likeness (QED) is 0.779. The Morgan fingerprint density at radius 3 is 2.14 bits per heavy atom. The zero-order valence-corrected chi connectivity index (χ0v) is 14.5. The first-order chi connectivity index (χ1) is 9.72. The molecule has 1 N–H and O–H groups in total. The summed E-state index contributed by atoms with van der Waals surface area (Å²) < 4.78 is 24.4. The lowest BCUT2D eigenvalue weighted by molar-refractivity contribution is 0.0878. The van der Waals surface area contributed by atoms with Gasteiger partial charge in [0.25, 0.3) is 15.0 Å². The molecule has 0 unspecified atom stereocenters. The van der Waals surface area contributed by atoms with E-state index in [9.17, 15) is 13.2 Å². The van der Waals surface area contributed by atoms with Crippen LogP contribution in [-0.4, -0.2) is 24.4 Å². The molecule has 0 aliphatic rings. The molecule has 5 nitrogen and oxygen atoms in total. The van der Waals surface area contributed by atoms with Crippen LogP contribution in [0.4, 0.5) is 0 Å². The summed E-state index contributed by atoms with van der Waals surface area (Å²) in [5, 5.41) is 3.04. The fourth-order valence-electron chi connectivity index (χ4n) is 2.39. The van der Waals surface area contributed by atoms with Crippen LogP contribution in [-0.2, 0) is 15.6 Å². The number of aryl methyl sites for hydroxylation is 1. The van der Waals surface area contributed by atoms with E-state index in [0.717, 1.165) is 19.3 Å². The SMILES string of the molecule is CCn1cc(S(=O)(=O)Cl)cc1C(=O)NC(CC)(CC)CC. The van der Waals surface area contributed by atoms with Gasteiger partial charge in [-0.1, -0.05) is 20.8 Å². The molecular weight excluding hydrogens is 312 g/mol. The van der Waals surface area contributed by atoms with Crippen LogP contribution in [0.25, 0.3) is 0 Å². The van der Waals surface area contributed by atoms with Crippen molar-refractivity contribution < 1.29 is 13.2 Å². The molecule has 0 saturated heterocycles. The fraction of sp³-hybridized carbons (Fsp3) is 0.643. The average molecular weight is 335 g/mol. The summed E-state index contributed by atoms with van der Waals surface area (Å²) >= 11 is 0. The zero-order valence-electron chi connectivity index (χ0n) is 12.9. The van der Waals surface area contributed by atoms with E-state index in [1.54, 1.807) is 4.57 Å². The number of nitrogens with one attached hydrogen (secondary N) is 1. The van der Waals surface area contributed by atoms with E-state index in [0.29, 0.717) is 12.2 Å². The van der Waals surface area contributed by atoms with Crippen LogP contribution in [0.3, 0.4) is 0 Å². The minimum Gasteiger partial charge on any atom is -0.345 e. The van der Waals surface area contributed by atoms with E-state index in [1.165, 1.54) is 12.3 Å². The van der Waals surface area contributed by atoms with Crippen LogP contribution in [0.15, 0.2) is 17.2 Å². The van der Waals surface area contributed by atoms with E-state index in [-0.39, 0.29) is 16.3 Å². The third kappa shape index (κ3) is 4.01. The first-order valence-electron chi connectivity index (χ1n) is 7.20. The van der Waals surface area contributed by atoms with Gasteiger partial charge in [0, 0.05) is 29.0 Å². The number of halogens is 1. The molecule has 1 rings (SSSR count). The van der Waals surface area contributed by atoms with Gasteiger partial charge in [0.2, 0.25) is 0 Å². The number of hydrogen-bond donors (Lipinski definition) is 1. The number of nitrogens with zero attached hydrogens (tertiary/aromatic N) is 1. The third-order valence-electron chi connectivity index (χ3n) is 4.14. The van der Waals surface area contributed by atoms with Crippen molar-refractivity contribution in [3.63, 3.8) is 0 Å². The molecular formula is C14H23ClN2O3S. The lowest BCUT2D eigenvalue weighted by Gasteiger charge is -2.31. The number of amides is 1. The highest BCUT2D eigenvalue weighted by molar-refractivity contribution is 8.13. The van der Waals surface area contributed by atoms with Gasteiger partial charge in [-0.05, 0) is 32.3 Å². The van der Waals surface area contributed by atoms with Crippen LogP contribution in [0, 0.1) is 0 Å². The van der Waals surface area contributed by atoms with Crippen molar-refractivity contribution in [1.82, 2.24) is 9.88 Å². The topological polar surface area (TPSA) is 68.2 Å². The monoisotopic (exact) mass is 334 g/mol. The van der Waals surface area contributed by atoms with Crippen molar-refractivity contribution in [3.8, 4) is 0 Å². The van der Waals surface area contributed by atoms with E-state index < -0.39 is 9.05 Å². The predicted octanol–water partition coefficient (Wildman–Crippen LogP) is 3.13. The van der Waals surface area contributed by atoms with Gasteiger partial charge in [0.1, 0.15) is 10.6 Å². The van der Waals surface area contributed by atoms with Gasteiger partial charge in [-0.2, -0.15) is 0 Å². The minimum atomic E-state index is -3.84. The van der Waals surface area contributed by atoms with Crippen LogP contribution in [0.2, 0.25) is 0 Å². The van der Waals surface area contributed by atoms with Crippen LogP contribution < -0.4 is 5.32 Å². The maximum Gasteiger partial charge on any atom is 0.268 e. The van der Waals surface area contributed by atoms with E-state index in [1.807, 2.05) is 27.7 Å². The molecule has 0 fully saturated rings. The van der Waals surface area contributed by atoms with Crippen molar-refractivity contribution in [1.29, 1.82) is 0 Å². The summed E-state index contributed by atoms with van der Waals surface area (Å²) in [6, 6.07) is 1.33. The molecule has 0 bridgehead atoms. The molecule has 0 aliphatic heterocycles. The second-order valence-electron chi connectivity index (χ2n) is 5.08. The van der Waals surface area contributed by atoms with Crippen LogP contribution in [0.5, 0.6) is 0 Å². The van der Waals surface area contributed by atoms with Gasteiger partial charge in [-0.3, -0.25) is 4.79 Å².